The maximum atomic E-state index is 10.7. The van der Waals surface area contributed by atoms with Gasteiger partial charge in [0.15, 0.2) is 5.13 Å². The molecule has 2 N–H and O–H groups in total. The molecule has 4 aromatic rings. The quantitative estimate of drug-likeness (QED) is 0.465. The Hall–Kier alpha value is -3.03. The number of carbonyl (C=O) groups is 1. The molecule has 4 rings (SSSR count). The van der Waals surface area contributed by atoms with E-state index in [4.69, 9.17) is 10.1 Å². The Labute approximate surface area is 164 Å². The zero-order valence-corrected chi connectivity index (χ0v) is 15.8. The smallest absolute Gasteiger partial charge is 0.309 e. The van der Waals surface area contributed by atoms with Crippen molar-refractivity contribution >= 4 is 39.5 Å². The lowest BCUT2D eigenvalue weighted by atomic mass is 10.1. The lowest BCUT2D eigenvalue weighted by Crippen LogP contribution is -2.00. The molecule has 134 valence electrons. The first kappa shape index (κ1) is 17.4. The first-order chi connectivity index (χ1) is 13.2. The van der Waals surface area contributed by atoms with Crippen LogP contribution in [0.1, 0.15) is 5.69 Å². The Morgan fingerprint density at radius 3 is 2.44 bits per heavy atom. The molecule has 0 saturated heterocycles. The first-order valence-corrected chi connectivity index (χ1v) is 9.98. The molecule has 2 aromatic heterocycles. The summed E-state index contributed by atoms with van der Waals surface area (Å²) in [5, 5.41) is 17.5. The van der Waals surface area contributed by atoms with Crippen LogP contribution >= 0.6 is 22.7 Å². The third kappa shape index (κ3) is 4.21. The highest BCUT2D eigenvalue weighted by Crippen LogP contribution is 2.30. The molecule has 0 fully saturated rings. The highest BCUT2D eigenvalue weighted by Gasteiger charge is 2.08. The van der Waals surface area contributed by atoms with Crippen LogP contribution < -0.4 is 5.32 Å². The van der Waals surface area contributed by atoms with Crippen molar-refractivity contribution < 1.29 is 9.90 Å². The molecule has 0 bridgehead atoms. The molecule has 2 aromatic carbocycles. The van der Waals surface area contributed by atoms with E-state index in [1.807, 2.05) is 42.5 Å². The van der Waals surface area contributed by atoms with E-state index in [0.29, 0.717) is 10.8 Å². The Bertz CT molecular complexity index is 1060. The van der Waals surface area contributed by atoms with E-state index in [1.165, 1.54) is 11.3 Å². The predicted octanol–water partition coefficient (Wildman–Crippen LogP) is 5.30. The topological polar surface area (TPSA) is 75.1 Å². The first-order valence-electron chi connectivity index (χ1n) is 8.22. The molecule has 0 aliphatic carbocycles. The van der Waals surface area contributed by atoms with Gasteiger partial charge in [-0.2, -0.15) is 0 Å². The highest BCUT2D eigenvalue weighted by atomic mass is 32.1. The molecule has 2 heterocycles. The van der Waals surface area contributed by atoms with E-state index in [1.54, 1.807) is 16.7 Å². The lowest BCUT2D eigenvalue weighted by Gasteiger charge is -2.03. The predicted molar refractivity (Wildman–Crippen MR) is 110 cm³/mol. The number of rotatable bonds is 6. The normalized spacial score (nSPS) is 10.7. The van der Waals surface area contributed by atoms with E-state index in [2.05, 4.69) is 27.8 Å². The second kappa shape index (κ2) is 7.69. The number of benzene rings is 2. The molecule has 27 heavy (non-hydrogen) atoms. The van der Waals surface area contributed by atoms with Crippen LogP contribution in [0, 0.1) is 0 Å². The summed E-state index contributed by atoms with van der Waals surface area (Å²) in [6.45, 7) is 0. The number of thiazole rings is 2. The van der Waals surface area contributed by atoms with Crippen molar-refractivity contribution in [3.05, 3.63) is 71.1 Å². The fourth-order valence-electron chi connectivity index (χ4n) is 2.57. The summed E-state index contributed by atoms with van der Waals surface area (Å²) in [6.07, 6.45) is -0.0648. The van der Waals surface area contributed by atoms with Gasteiger partial charge in [-0.25, -0.2) is 9.97 Å². The maximum Gasteiger partial charge on any atom is 0.309 e. The molecule has 7 heteroatoms. The second-order valence-electron chi connectivity index (χ2n) is 5.82. The minimum Gasteiger partial charge on any atom is -0.481 e. The van der Waals surface area contributed by atoms with Gasteiger partial charge in [-0.05, 0) is 12.1 Å². The van der Waals surface area contributed by atoms with Gasteiger partial charge in [0.05, 0.1) is 17.8 Å². The van der Waals surface area contributed by atoms with Gasteiger partial charge < -0.3 is 10.4 Å². The highest BCUT2D eigenvalue weighted by molar-refractivity contribution is 7.14. The summed E-state index contributed by atoms with van der Waals surface area (Å²) in [5.74, 6) is -0.880. The molecule has 0 atom stereocenters. The van der Waals surface area contributed by atoms with Crippen molar-refractivity contribution in [3.63, 3.8) is 0 Å². The van der Waals surface area contributed by atoms with Crippen molar-refractivity contribution in [2.24, 2.45) is 0 Å². The summed E-state index contributed by atoms with van der Waals surface area (Å²) in [5.41, 5.74) is 4.57. The van der Waals surface area contributed by atoms with Gasteiger partial charge in [0, 0.05) is 27.6 Å². The Balaban J connectivity index is 1.47. The largest absolute Gasteiger partial charge is 0.481 e. The number of anilines is 2. The molecule has 0 radical (unpaired) electrons. The number of carboxylic acid groups (broad SMARTS) is 1. The molecule has 0 spiro atoms. The van der Waals surface area contributed by atoms with Crippen molar-refractivity contribution in [2.75, 3.05) is 5.32 Å². The van der Waals surface area contributed by atoms with Crippen molar-refractivity contribution in [1.29, 1.82) is 0 Å². The van der Waals surface area contributed by atoms with E-state index in [-0.39, 0.29) is 6.42 Å². The van der Waals surface area contributed by atoms with Gasteiger partial charge >= 0.3 is 5.97 Å². The van der Waals surface area contributed by atoms with Gasteiger partial charge in [-0.3, -0.25) is 4.79 Å². The standard InChI is InChI=1S/C20H15N3O2S2/c24-18(25)10-16-11-27-20(22-16)21-15-8-6-13(7-9-15)17-12-26-19(23-17)14-4-2-1-3-5-14/h1-9,11-12H,10H2,(H,21,22)(H,24,25). The minimum atomic E-state index is -0.880. The summed E-state index contributed by atoms with van der Waals surface area (Å²) < 4.78 is 0. The third-order valence-corrected chi connectivity index (χ3v) is 5.54. The van der Waals surface area contributed by atoms with E-state index in [9.17, 15) is 4.79 Å². The van der Waals surface area contributed by atoms with E-state index in [0.717, 1.165) is 27.5 Å². The minimum absolute atomic E-state index is 0.0648. The van der Waals surface area contributed by atoms with Crippen molar-refractivity contribution in [1.82, 2.24) is 9.97 Å². The van der Waals surface area contributed by atoms with Crippen LogP contribution in [0.2, 0.25) is 0 Å². The molecule has 5 nitrogen and oxygen atoms in total. The zero-order valence-electron chi connectivity index (χ0n) is 14.1. The van der Waals surface area contributed by atoms with Crippen LogP contribution in [0.3, 0.4) is 0 Å². The average Bonchev–Trinajstić information content (AvgIpc) is 3.33. The molecule has 0 aliphatic heterocycles. The molecule has 0 unspecified atom stereocenters. The van der Waals surface area contributed by atoms with E-state index >= 15 is 0 Å². The Morgan fingerprint density at radius 2 is 1.70 bits per heavy atom. The van der Waals surface area contributed by atoms with Crippen molar-refractivity contribution in [2.45, 2.75) is 6.42 Å². The zero-order chi connectivity index (χ0) is 18.6. The van der Waals surface area contributed by atoms with Gasteiger partial charge in [0.1, 0.15) is 5.01 Å². The number of aromatic nitrogens is 2. The van der Waals surface area contributed by atoms with Crippen LogP contribution in [0.15, 0.2) is 65.4 Å². The molecule has 0 aliphatic rings. The fraction of sp³-hybridized carbons (Fsp3) is 0.0500. The Morgan fingerprint density at radius 1 is 0.926 bits per heavy atom. The van der Waals surface area contributed by atoms with Crippen LogP contribution in [-0.2, 0) is 11.2 Å². The lowest BCUT2D eigenvalue weighted by molar-refractivity contribution is -0.136. The van der Waals surface area contributed by atoms with Gasteiger partial charge in [0.25, 0.3) is 0 Å². The molecule has 0 saturated carbocycles. The van der Waals surface area contributed by atoms with Crippen molar-refractivity contribution in [3.8, 4) is 21.8 Å². The summed E-state index contributed by atoms with van der Waals surface area (Å²) in [7, 11) is 0. The van der Waals surface area contributed by atoms with Gasteiger partial charge in [-0.1, -0.05) is 42.5 Å². The Kier molecular flexibility index (Phi) is 4.95. The molecule has 0 amide bonds. The number of nitrogens with one attached hydrogen (secondary N) is 1. The number of hydrogen-bond acceptors (Lipinski definition) is 6. The van der Waals surface area contributed by atoms with Gasteiger partial charge in [-0.15, -0.1) is 22.7 Å². The van der Waals surface area contributed by atoms with Crippen LogP contribution in [0.25, 0.3) is 21.8 Å². The number of hydrogen-bond donors (Lipinski definition) is 2. The maximum absolute atomic E-state index is 10.7. The summed E-state index contributed by atoms with van der Waals surface area (Å²) >= 11 is 3.02. The molecular formula is C20H15N3O2S2. The number of nitrogens with zero attached hydrogens (tertiary/aromatic N) is 2. The van der Waals surface area contributed by atoms with Crippen LogP contribution in [-0.4, -0.2) is 21.0 Å². The second-order valence-corrected chi connectivity index (χ2v) is 7.54. The van der Waals surface area contributed by atoms with E-state index < -0.39 is 5.97 Å². The summed E-state index contributed by atoms with van der Waals surface area (Å²) in [4.78, 5) is 19.7. The third-order valence-electron chi connectivity index (χ3n) is 3.84. The van der Waals surface area contributed by atoms with Crippen LogP contribution in [0.4, 0.5) is 10.8 Å². The monoisotopic (exact) mass is 393 g/mol. The number of aliphatic carboxylic acids is 1. The fourth-order valence-corrected chi connectivity index (χ4v) is 4.13. The molecular weight excluding hydrogens is 378 g/mol. The average molecular weight is 393 g/mol. The van der Waals surface area contributed by atoms with Gasteiger partial charge in [0.2, 0.25) is 0 Å². The van der Waals surface area contributed by atoms with Crippen LogP contribution in [0.5, 0.6) is 0 Å². The summed E-state index contributed by atoms with van der Waals surface area (Å²) in [6, 6.07) is 18.1. The SMILES string of the molecule is O=C(O)Cc1csc(Nc2ccc(-c3csc(-c4ccccc4)n3)cc2)n1. The number of carboxylic acids is 1.